The van der Waals surface area contributed by atoms with Gasteiger partial charge < -0.3 is 5.11 Å². The van der Waals surface area contributed by atoms with Crippen LogP contribution in [0.5, 0.6) is 0 Å². The van der Waals surface area contributed by atoms with Gasteiger partial charge in [-0.15, -0.1) is 0 Å². The lowest BCUT2D eigenvalue weighted by Gasteiger charge is -2.40. The second-order valence-electron chi connectivity index (χ2n) is 7.31. The van der Waals surface area contributed by atoms with Gasteiger partial charge in [0.2, 0.25) is 0 Å². The number of alkyl halides is 5. The Morgan fingerprint density at radius 2 is 1.88 bits per heavy atom. The Bertz CT molecular complexity index is 714. The number of hydrogen-bond donors (Lipinski definition) is 1. The van der Waals surface area contributed by atoms with Gasteiger partial charge >= 0.3 is 12.1 Å². The fraction of sp³-hybridized carbons (Fsp3) is 0.733. The average Bonchev–Trinajstić information content (AvgIpc) is 3.04. The molecule has 4 saturated carbocycles. The number of rotatable bonds is 4. The number of carbonyl (C=O) groups is 1. The SMILES string of the molecule is O=C(O)c1c(C(F)(F)F)c(C2CC2)nn1CC12CC(CC1(F)F)C2. The van der Waals surface area contributed by atoms with E-state index in [1.165, 1.54) is 0 Å². The molecule has 24 heavy (non-hydrogen) atoms. The monoisotopic (exact) mass is 350 g/mol. The number of hydrogen-bond acceptors (Lipinski definition) is 2. The van der Waals surface area contributed by atoms with Crippen LogP contribution < -0.4 is 0 Å². The van der Waals surface area contributed by atoms with Crippen molar-refractivity contribution in [3.63, 3.8) is 0 Å². The van der Waals surface area contributed by atoms with Gasteiger partial charge in [-0.3, -0.25) is 4.68 Å². The molecule has 0 saturated heterocycles. The molecule has 1 N–H and O–H groups in total. The molecule has 0 amide bonds. The molecule has 5 rings (SSSR count). The lowest BCUT2D eigenvalue weighted by Crippen LogP contribution is -2.43. The minimum absolute atomic E-state index is 0.131. The van der Waals surface area contributed by atoms with Crippen LogP contribution in [-0.2, 0) is 12.7 Å². The zero-order valence-corrected chi connectivity index (χ0v) is 12.5. The molecule has 9 heteroatoms. The van der Waals surface area contributed by atoms with Crippen LogP contribution in [0, 0.1) is 11.3 Å². The number of carboxylic acids is 1. The van der Waals surface area contributed by atoms with Crippen LogP contribution in [0.4, 0.5) is 22.0 Å². The fourth-order valence-corrected chi connectivity index (χ4v) is 4.33. The van der Waals surface area contributed by atoms with Gasteiger partial charge in [0.25, 0.3) is 5.92 Å². The summed E-state index contributed by atoms with van der Waals surface area (Å²) in [4.78, 5) is 11.4. The first kappa shape index (κ1) is 15.8. The molecule has 0 atom stereocenters. The predicted molar refractivity (Wildman–Crippen MR) is 70.9 cm³/mol. The summed E-state index contributed by atoms with van der Waals surface area (Å²) in [6.07, 6.45) is -3.73. The third kappa shape index (κ3) is 2.09. The van der Waals surface area contributed by atoms with Gasteiger partial charge in [-0.2, -0.15) is 18.3 Å². The van der Waals surface area contributed by atoms with E-state index in [4.69, 9.17) is 0 Å². The molecule has 1 aromatic heterocycles. The number of fused-ring (bicyclic) bond motifs is 1. The van der Waals surface area contributed by atoms with Crippen molar-refractivity contribution in [2.24, 2.45) is 11.3 Å². The zero-order chi connectivity index (χ0) is 17.5. The lowest BCUT2D eigenvalue weighted by atomic mass is 9.68. The van der Waals surface area contributed by atoms with Crippen LogP contribution in [0.1, 0.15) is 59.8 Å². The maximum atomic E-state index is 14.2. The van der Waals surface area contributed by atoms with Gasteiger partial charge in [0.05, 0.1) is 17.7 Å². The van der Waals surface area contributed by atoms with Crippen molar-refractivity contribution in [2.75, 3.05) is 0 Å². The third-order valence-electron chi connectivity index (χ3n) is 5.56. The Kier molecular flexibility index (Phi) is 2.96. The van der Waals surface area contributed by atoms with Gasteiger partial charge in [0.15, 0.2) is 5.69 Å². The minimum atomic E-state index is -4.87. The second kappa shape index (κ2) is 4.49. The van der Waals surface area contributed by atoms with Gasteiger partial charge in [0, 0.05) is 12.3 Å². The molecule has 0 aliphatic heterocycles. The Labute approximate surface area is 133 Å². The summed E-state index contributed by atoms with van der Waals surface area (Å²) < 4.78 is 69.1. The van der Waals surface area contributed by atoms with E-state index in [0.29, 0.717) is 17.5 Å². The van der Waals surface area contributed by atoms with Crippen molar-refractivity contribution in [1.29, 1.82) is 0 Å². The molecule has 0 spiro atoms. The second-order valence-corrected chi connectivity index (χ2v) is 7.31. The van der Waals surface area contributed by atoms with Crippen LogP contribution in [0.15, 0.2) is 0 Å². The predicted octanol–water partition coefficient (Wildman–Crippen LogP) is 3.91. The van der Waals surface area contributed by atoms with E-state index in [1.807, 2.05) is 0 Å². The van der Waals surface area contributed by atoms with Crippen molar-refractivity contribution >= 4 is 5.97 Å². The highest BCUT2D eigenvalue weighted by Crippen LogP contribution is 2.67. The van der Waals surface area contributed by atoms with E-state index >= 15 is 0 Å². The number of halogens is 5. The fourth-order valence-electron chi connectivity index (χ4n) is 4.33. The molecule has 1 aromatic rings. The topological polar surface area (TPSA) is 55.1 Å². The largest absolute Gasteiger partial charge is 0.477 e. The molecule has 132 valence electrons. The van der Waals surface area contributed by atoms with Crippen LogP contribution in [0.25, 0.3) is 0 Å². The molecule has 0 radical (unpaired) electrons. The van der Waals surface area contributed by atoms with E-state index < -0.39 is 47.2 Å². The van der Waals surface area contributed by atoms with Crippen LogP contribution >= 0.6 is 0 Å². The van der Waals surface area contributed by atoms with E-state index in [2.05, 4.69) is 5.10 Å². The van der Waals surface area contributed by atoms with Crippen molar-refractivity contribution < 1.29 is 31.9 Å². The van der Waals surface area contributed by atoms with E-state index in [-0.39, 0.29) is 30.9 Å². The highest BCUT2D eigenvalue weighted by atomic mass is 19.4. The molecule has 4 aliphatic carbocycles. The molecule has 1 heterocycles. The van der Waals surface area contributed by atoms with E-state index in [0.717, 1.165) is 0 Å². The number of carboxylic acid groups (broad SMARTS) is 1. The first-order valence-corrected chi connectivity index (χ1v) is 7.83. The van der Waals surface area contributed by atoms with E-state index in [1.54, 1.807) is 0 Å². The zero-order valence-electron chi connectivity index (χ0n) is 12.5. The Morgan fingerprint density at radius 3 is 2.29 bits per heavy atom. The summed E-state index contributed by atoms with van der Waals surface area (Å²) in [5, 5.41) is 13.1. The maximum Gasteiger partial charge on any atom is 0.420 e. The van der Waals surface area contributed by atoms with Crippen molar-refractivity contribution in [3.05, 3.63) is 17.0 Å². The van der Waals surface area contributed by atoms with Crippen LogP contribution in [-0.4, -0.2) is 26.8 Å². The van der Waals surface area contributed by atoms with Gasteiger partial charge in [-0.05, 0) is 31.6 Å². The number of aromatic carboxylic acids is 1. The highest BCUT2D eigenvalue weighted by Gasteiger charge is 2.69. The summed E-state index contributed by atoms with van der Waals surface area (Å²) in [6, 6.07) is 0. The summed E-state index contributed by atoms with van der Waals surface area (Å²) >= 11 is 0. The summed E-state index contributed by atoms with van der Waals surface area (Å²) in [5.41, 5.74) is -4.05. The van der Waals surface area contributed by atoms with Crippen LogP contribution in [0.2, 0.25) is 0 Å². The molecule has 0 aromatic carbocycles. The standard InChI is InChI=1S/C15H15F5N2O2/c16-14(17)5-7-3-13(14,4-7)6-22-11(12(23)24)9(15(18,19)20)10(21-22)8-1-2-8/h7-8H,1-6H2,(H,23,24). The molecule has 4 nitrogen and oxygen atoms in total. The molecular formula is C15H15F5N2O2. The molecule has 4 fully saturated rings. The molecule has 2 bridgehead atoms. The van der Waals surface area contributed by atoms with Crippen molar-refractivity contribution in [3.8, 4) is 0 Å². The summed E-state index contributed by atoms with van der Waals surface area (Å²) in [6.45, 7) is -0.478. The van der Waals surface area contributed by atoms with Crippen molar-refractivity contribution in [1.82, 2.24) is 9.78 Å². The summed E-state index contributed by atoms with van der Waals surface area (Å²) in [7, 11) is 0. The van der Waals surface area contributed by atoms with Crippen molar-refractivity contribution in [2.45, 2.75) is 56.7 Å². The Balaban J connectivity index is 1.80. The van der Waals surface area contributed by atoms with Gasteiger partial charge in [-0.1, -0.05) is 0 Å². The molecule has 0 unspecified atom stereocenters. The average molecular weight is 350 g/mol. The normalized spacial score (nSPS) is 31.1. The third-order valence-corrected chi connectivity index (χ3v) is 5.56. The molecular weight excluding hydrogens is 335 g/mol. The highest BCUT2D eigenvalue weighted by molar-refractivity contribution is 5.88. The quantitative estimate of drug-likeness (QED) is 0.838. The van der Waals surface area contributed by atoms with Crippen LogP contribution in [0.3, 0.4) is 0 Å². The number of nitrogens with zero attached hydrogens (tertiary/aromatic N) is 2. The summed E-state index contributed by atoms with van der Waals surface area (Å²) in [5.74, 6) is -5.34. The maximum absolute atomic E-state index is 14.2. The Hall–Kier alpha value is -1.67. The first-order valence-electron chi connectivity index (χ1n) is 7.83. The van der Waals surface area contributed by atoms with E-state index in [9.17, 15) is 31.9 Å². The lowest BCUT2D eigenvalue weighted by molar-refractivity contribution is -0.139. The first-order chi connectivity index (χ1) is 11.0. The van der Waals surface area contributed by atoms with Gasteiger partial charge in [-0.25, -0.2) is 13.6 Å². The minimum Gasteiger partial charge on any atom is -0.477 e. The van der Waals surface area contributed by atoms with Gasteiger partial charge in [0.1, 0.15) is 5.56 Å². The smallest absolute Gasteiger partial charge is 0.420 e. The molecule has 4 aliphatic rings. The Morgan fingerprint density at radius 1 is 1.25 bits per heavy atom. The number of aromatic nitrogens is 2.